The second kappa shape index (κ2) is 5.00. The van der Waals surface area contributed by atoms with Gasteiger partial charge < -0.3 is 15.6 Å². The molecule has 0 aliphatic rings. The van der Waals surface area contributed by atoms with Gasteiger partial charge in [-0.2, -0.15) is 0 Å². The van der Waals surface area contributed by atoms with Crippen molar-refractivity contribution in [2.24, 2.45) is 5.73 Å². The zero-order chi connectivity index (χ0) is 9.72. The summed E-state index contributed by atoms with van der Waals surface area (Å²) in [6, 6.07) is -1.68. The summed E-state index contributed by atoms with van der Waals surface area (Å²) in [5.41, 5.74) is 4.94. The van der Waals surface area contributed by atoms with E-state index in [1.54, 1.807) is 0 Å². The van der Waals surface area contributed by atoms with E-state index in [0.717, 1.165) is 0 Å². The molecule has 0 spiro atoms. The lowest BCUT2D eigenvalue weighted by atomic mass is 10.2. The number of hydrogen-bond acceptors (Lipinski definition) is 4. The predicted molar refractivity (Wildman–Crippen MR) is 36.6 cm³/mol. The van der Waals surface area contributed by atoms with Crippen LogP contribution in [-0.4, -0.2) is 36.3 Å². The molecule has 4 nitrogen and oxygen atoms in total. The molecule has 0 aromatic heterocycles. The predicted octanol–water partition coefficient (Wildman–Crippen LogP) is -0.497. The molecule has 72 valence electrons. The molecule has 0 unspecified atom stereocenters. The first-order valence-corrected chi connectivity index (χ1v) is 3.39. The first-order chi connectivity index (χ1) is 5.50. The van der Waals surface area contributed by atoms with Crippen molar-refractivity contribution in [1.82, 2.24) is 0 Å². The SMILES string of the molecule is CCOC(=O)[C@@H](N)[C@H](O)C(F)F. The zero-order valence-corrected chi connectivity index (χ0v) is 6.54. The third-order valence-corrected chi connectivity index (χ3v) is 1.18. The number of halogens is 2. The number of hydrogen-bond donors (Lipinski definition) is 2. The highest BCUT2D eigenvalue weighted by molar-refractivity contribution is 5.76. The monoisotopic (exact) mass is 183 g/mol. The van der Waals surface area contributed by atoms with Gasteiger partial charge in [-0.1, -0.05) is 0 Å². The van der Waals surface area contributed by atoms with Crippen LogP contribution >= 0.6 is 0 Å². The van der Waals surface area contributed by atoms with Crippen molar-refractivity contribution in [3.63, 3.8) is 0 Å². The second-order valence-electron chi connectivity index (χ2n) is 2.10. The normalized spacial score (nSPS) is 15.8. The van der Waals surface area contributed by atoms with E-state index in [9.17, 15) is 13.6 Å². The van der Waals surface area contributed by atoms with Gasteiger partial charge in [0.1, 0.15) is 12.1 Å². The summed E-state index contributed by atoms with van der Waals surface area (Å²) < 4.78 is 27.8. The molecule has 0 bridgehead atoms. The van der Waals surface area contributed by atoms with E-state index in [1.165, 1.54) is 6.92 Å². The van der Waals surface area contributed by atoms with Crippen molar-refractivity contribution in [1.29, 1.82) is 0 Å². The lowest BCUT2D eigenvalue weighted by Gasteiger charge is -2.15. The topological polar surface area (TPSA) is 72.5 Å². The van der Waals surface area contributed by atoms with Crippen molar-refractivity contribution < 1.29 is 23.4 Å². The van der Waals surface area contributed by atoms with E-state index < -0.39 is 24.5 Å². The Morgan fingerprint density at radius 1 is 1.67 bits per heavy atom. The van der Waals surface area contributed by atoms with E-state index >= 15 is 0 Å². The lowest BCUT2D eigenvalue weighted by molar-refractivity contribution is -0.150. The number of carbonyl (C=O) groups excluding carboxylic acids is 1. The molecule has 2 atom stereocenters. The van der Waals surface area contributed by atoms with Gasteiger partial charge in [-0.15, -0.1) is 0 Å². The zero-order valence-electron chi connectivity index (χ0n) is 6.54. The van der Waals surface area contributed by atoms with Crippen LogP contribution in [0.5, 0.6) is 0 Å². The maximum absolute atomic E-state index is 11.7. The Morgan fingerprint density at radius 3 is 2.50 bits per heavy atom. The molecule has 0 aromatic rings. The molecule has 6 heteroatoms. The molecule has 3 N–H and O–H groups in total. The average molecular weight is 183 g/mol. The van der Waals surface area contributed by atoms with Crippen LogP contribution < -0.4 is 5.73 Å². The quantitative estimate of drug-likeness (QED) is 0.576. The summed E-state index contributed by atoms with van der Waals surface area (Å²) >= 11 is 0. The minimum atomic E-state index is -3.04. The molecule has 0 rings (SSSR count). The Hall–Kier alpha value is -0.750. The number of rotatable bonds is 4. The lowest BCUT2D eigenvalue weighted by Crippen LogP contribution is -2.46. The number of ether oxygens (including phenoxy) is 1. The highest BCUT2D eigenvalue weighted by Crippen LogP contribution is 2.04. The Kier molecular flexibility index (Phi) is 4.68. The summed E-state index contributed by atoms with van der Waals surface area (Å²) in [4.78, 5) is 10.6. The van der Waals surface area contributed by atoms with Crippen LogP contribution in [0.2, 0.25) is 0 Å². The number of carbonyl (C=O) groups is 1. The Labute approximate surface area is 68.3 Å². The minimum absolute atomic E-state index is 0.0441. The Bertz CT molecular complexity index is 154. The van der Waals surface area contributed by atoms with Gasteiger partial charge in [-0.25, -0.2) is 8.78 Å². The Morgan fingerprint density at radius 2 is 2.17 bits per heavy atom. The molecule has 0 amide bonds. The molecule has 0 radical (unpaired) electrons. The second-order valence-corrected chi connectivity index (χ2v) is 2.10. The van der Waals surface area contributed by atoms with Crippen LogP contribution in [0.25, 0.3) is 0 Å². The summed E-state index contributed by atoms with van der Waals surface area (Å²) in [6.07, 6.45) is -5.20. The maximum atomic E-state index is 11.7. The van der Waals surface area contributed by atoms with Crippen LogP contribution in [0.15, 0.2) is 0 Å². The number of esters is 1. The minimum Gasteiger partial charge on any atom is -0.465 e. The van der Waals surface area contributed by atoms with Gasteiger partial charge in [0.25, 0.3) is 6.43 Å². The first kappa shape index (κ1) is 11.2. The summed E-state index contributed by atoms with van der Waals surface area (Å²) in [7, 11) is 0. The van der Waals surface area contributed by atoms with Crippen LogP contribution in [0.4, 0.5) is 8.78 Å². The largest absolute Gasteiger partial charge is 0.465 e. The van der Waals surface area contributed by atoms with E-state index in [4.69, 9.17) is 10.8 Å². The first-order valence-electron chi connectivity index (χ1n) is 3.39. The maximum Gasteiger partial charge on any atom is 0.325 e. The van der Waals surface area contributed by atoms with Gasteiger partial charge >= 0.3 is 5.97 Å². The van der Waals surface area contributed by atoms with Gasteiger partial charge in [0.05, 0.1) is 6.61 Å². The van der Waals surface area contributed by atoms with Crippen molar-refractivity contribution in [3.8, 4) is 0 Å². The average Bonchev–Trinajstić information content (AvgIpc) is 2.02. The third-order valence-electron chi connectivity index (χ3n) is 1.18. The van der Waals surface area contributed by atoms with Gasteiger partial charge in [0.15, 0.2) is 0 Å². The van der Waals surface area contributed by atoms with Crippen LogP contribution in [0.1, 0.15) is 6.92 Å². The summed E-state index contributed by atoms with van der Waals surface area (Å²) in [5, 5.41) is 8.62. The van der Waals surface area contributed by atoms with Crippen LogP contribution in [-0.2, 0) is 9.53 Å². The van der Waals surface area contributed by atoms with E-state index in [-0.39, 0.29) is 6.61 Å². The molecule has 0 saturated heterocycles. The molecule has 0 aliphatic carbocycles. The van der Waals surface area contributed by atoms with E-state index in [0.29, 0.717) is 0 Å². The molecule has 0 saturated carbocycles. The van der Waals surface area contributed by atoms with Gasteiger partial charge in [-0.05, 0) is 6.92 Å². The molecule has 0 fully saturated rings. The highest BCUT2D eigenvalue weighted by atomic mass is 19.3. The fraction of sp³-hybridized carbons (Fsp3) is 0.833. The van der Waals surface area contributed by atoms with E-state index in [2.05, 4.69) is 4.74 Å². The van der Waals surface area contributed by atoms with Crippen molar-refractivity contribution in [2.45, 2.75) is 25.5 Å². The third kappa shape index (κ3) is 3.10. The molecular formula is C6H11F2NO3. The molecular weight excluding hydrogens is 172 g/mol. The van der Waals surface area contributed by atoms with Crippen LogP contribution in [0.3, 0.4) is 0 Å². The molecule has 0 heterocycles. The smallest absolute Gasteiger partial charge is 0.325 e. The standard InChI is InChI=1S/C6H11F2NO3/c1-2-12-6(11)3(9)4(10)5(7)8/h3-5,10H,2,9H2,1H3/t3-,4-/m0/s1. The summed E-state index contributed by atoms with van der Waals surface area (Å²) in [6.45, 7) is 1.56. The van der Waals surface area contributed by atoms with Crippen molar-refractivity contribution in [2.75, 3.05) is 6.61 Å². The number of nitrogens with two attached hydrogens (primary N) is 1. The van der Waals surface area contributed by atoms with E-state index in [1.807, 2.05) is 0 Å². The fourth-order valence-electron chi connectivity index (χ4n) is 0.535. The van der Waals surface area contributed by atoms with Crippen LogP contribution in [0, 0.1) is 0 Å². The highest BCUT2D eigenvalue weighted by Gasteiger charge is 2.30. The van der Waals surface area contributed by atoms with Crippen molar-refractivity contribution in [3.05, 3.63) is 0 Å². The number of aliphatic hydroxyl groups excluding tert-OH is 1. The molecule has 0 aromatic carbocycles. The number of alkyl halides is 2. The van der Waals surface area contributed by atoms with Crippen molar-refractivity contribution >= 4 is 5.97 Å². The summed E-state index contributed by atoms with van der Waals surface area (Å²) in [5.74, 6) is -1.02. The molecule has 0 aliphatic heterocycles. The fourth-order valence-corrected chi connectivity index (χ4v) is 0.535. The number of aliphatic hydroxyl groups is 1. The van der Waals surface area contributed by atoms with Gasteiger partial charge in [-0.3, -0.25) is 4.79 Å². The Balaban J connectivity index is 4.00. The van der Waals surface area contributed by atoms with Gasteiger partial charge in [0, 0.05) is 0 Å². The molecule has 12 heavy (non-hydrogen) atoms. The van der Waals surface area contributed by atoms with Gasteiger partial charge in [0.2, 0.25) is 0 Å².